The Morgan fingerprint density at radius 2 is 1.65 bits per heavy atom. The molecule has 17 heavy (non-hydrogen) atoms. The molecule has 0 saturated heterocycles. The van der Waals surface area contributed by atoms with Gasteiger partial charge in [-0.25, -0.2) is 0 Å². The number of unbranched alkanes of at least 4 members (excludes halogenated alkanes) is 2. The Labute approximate surface area is 111 Å². The van der Waals surface area contributed by atoms with E-state index in [1.807, 2.05) is 0 Å². The summed E-state index contributed by atoms with van der Waals surface area (Å²) in [6.07, 6.45) is 10.9. The average Bonchev–Trinajstić information content (AvgIpc) is 2.26. The zero-order valence-electron chi connectivity index (χ0n) is 13.2. The molecule has 1 unspecified atom stereocenters. The molecule has 0 N–H and O–H groups in total. The standard InChI is InChI=1S/C17H35/c1-7-9-10-11-15(3)16(4)12-14-17(5,6)13-8-2/h15H,7-14H2,1-6H3. The quantitative estimate of drug-likeness (QED) is 0.387. The molecule has 0 aromatic carbocycles. The van der Waals surface area contributed by atoms with Gasteiger partial charge in [-0.2, -0.15) is 0 Å². The van der Waals surface area contributed by atoms with E-state index in [9.17, 15) is 0 Å². The van der Waals surface area contributed by atoms with Gasteiger partial charge in [0.05, 0.1) is 0 Å². The lowest BCUT2D eigenvalue weighted by molar-refractivity contribution is 0.290. The summed E-state index contributed by atoms with van der Waals surface area (Å²) in [6, 6.07) is 0. The SMILES string of the molecule is CCCCCC(C)[C](C)CCC(C)(C)CCC. The highest BCUT2D eigenvalue weighted by molar-refractivity contribution is 4.91. The van der Waals surface area contributed by atoms with Crippen LogP contribution in [-0.2, 0) is 0 Å². The van der Waals surface area contributed by atoms with Crippen LogP contribution in [0.4, 0.5) is 0 Å². The molecule has 0 aliphatic carbocycles. The first-order chi connectivity index (χ1) is 7.93. The third-order valence-electron chi connectivity index (χ3n) is 4.20. The summed E-state index contributed by atoms with van der Waals surface area (Å²) in [5.74, 6) is 2.56. The van der Waals surface area contributed by atoms with Gasteiger partial charge in [-0.15, -0.1) is 0 Å². The van der Waals surface area contributed by atoms with Crippen LogP contribution in [0.5, 0.6) is 0 Å². The Morgan fingerprint density at radius 1 is 1.00 bits per heavy atom. The molecule has 0 spiro atoms. The molecule has 0 aliphatic rings. The lowest BCUT2D eigenvalue weighted by atomic mass is 9.78. The van der Waals surface area contributed by atoms with E-state index >= 15 is 0 Å². The van der Waals surface area contributed by atoms with Crippen LogP contribution >= 0.6 is 0 Å². The summed E-state index contributed by atoms with van der Waals surface area (Å²) in [7, 11) is 0. The first-order valence-electron chi connectivity index (χ1n) is 7.75. The third-order valence-corrected chi connectivity index (χ3v) is 4.20. The predicted molar refractivity (Wildman–Crippen MR) is 80.1 cm³/mol. The highest BCUT2D eigenvalue weighted by Gasteiger charge is 2.20. The molecular weight excluding hydrogens is 204 g/mol. The maximum atomic E-state index is 2.42. The topological polar surface area (TPSA) is 0 Å². The van der Waals surface area contributed by atoms with Crippen LogP contribution < -0.4 is 0 Å². The summed E-state index contributed by atoms with van der Waals surface area (Å²) >= 11 is 0. The normalized spacial score (nSPS) is 14.3. The molecular formula is C17H35. The Bertz CT molecular complexity index is 169. The van der Waals surface area contributed by atoms with Crippen molar-refractivity contribution in [3.8, 4) is 0 Å². The molecule has 0 nitrogen and oxygen atoms in total. The van der Waals surface area contributed by atoms with E-state index in [-0.39, 0.29) is 0 Å². The summed E-state index contributed by atoms with van der Waals surface area (Å²) in [6.45, 7) is 14.2. The third kappa shape index (κ3) is 8.69. The van der Waals surface area contributed by atoms with Crippen molar-refractivity contribution in [1.29, 1.82) is 0 Å². The Kier molecular flexibility index (Phi) is 9.00. The van der Waals surface area contributed by atoms with E-state index in [2.05, 4.69) is 41.5 Å². The van der Waals surface area contributed by atoms with Crippen LogP contribution in [0.3, 0.4) is 0 Å². The van der Waals surface area contributed by atoms with Gasteiger partial charge in [-0.05, 0) is 36.5 Å². The molecule has 0 saturated carbocycles. The first-order valence-corrected chi connectivity index (χ1v) is 7.75. The predicted octanol–water partition coefficient (Wildman–Crippen LogP) is 6.40. The lowest BCUT2D eigenvalue weighted by Gasteiger charge is -2.27. The maximum absolute atomic E-state index is 2.42. The van der Waals surface area contributed by atoms with E-state index in [1.54, 1.807) is 5.92 Å². The molecule has 0 amide bonds. The zero-order chi connectivity index (χ0) is 13.3. The minimum atomic E-state index is 0.541. The number of hydrogen-bond donors (Lipinski definition) is 0. The summed E-state index contributed by atoms with van der Waals surface area (Å²) in [4.78, 5) is 0. The van der Waals surface area contributed by atoms with Gasteiger partial charge in [0.25, 0.3) is 0 Å². The van der Waals surface area contributed by atoms with Crippen LogP contribution in [0.15, 0.2) is 0 Å². The summed E-state index contributed by atoms with van der Waals surface area (Å²) < 4.78 is 0. The van der Waals surface area contributed by atoms with Crippen molar-refractivity contribution in [2.45, 2.75) is 92.9 Å². The molecule has 1 atom stereocenters. The molecule has 0 rings (SSSR count). The van der Waals surface area contributed by atoms with Gasteiger partial charge >= 0.3 is 0 Å². The highest BCUT2D eigenvalue weighted by Crippen LogP contribution is 2.33. The minimum Gasteiger partial charge on any atom is -0.0654 e. The molecule has 103 valence electrons. The van der Waals surface area contributed by atoms with E-state index in [4.69, 9.17) is 0 Å². The van der Waals surface area contributed by atoms with E-state index in [0.717, 1.165) is 5.92 Å². The van der Waals surface area contributed by atoms with Crippen molar-refractivity contribution in [2.75, 3.05) is 0 Å². The van der Waals surface area contributed by atoms with Crippen molar-refractivity contribution >= 4 is 0 Å². The Balaban J connectivity index is 3.79. The Hall–Kier alpha value is 0. The fraction of sp³-hybridized carbons (Fsp3) is 0.941. The van der Waals surface area contributed by atoms with Crippen LogP contribution in [0, 0.1) is 17.3 Å². The fourth-order valence-corrected chi connectivity index (χ4v) is 2.53. The molecule has 0 fully saturated rings. The van der Waals surface area contributed by atoms with Gasteiger partial charge in [0.1, 0.15) is 0 Å². The largest absolute Gasteiger partial charge is 0.0654 e. The number of rotatable bonds is 10. The van der Waals surface area contributed by atoms with Crippen molar-refractivity contribution < 1.29 is 0 Å². The van der Waals surface area contributed by atoms with Crippen LogP contribution in [-0.4, -0.2) is 0 Å². The first kappa shape index (κ1) is 17.0. The Morgan fingerprint density at radius 3 is 2.18 bits per heavy atom. The van der Waals surface area contributed by atoms with Gasteiger partial charge in [0, 0.05) is 0 Å². The second-order valence-electron chi connectivity index (χ2n) is 6.66. The van der Waals surface area contributed by atoms with Crippen LogP contribution in [0.1, 0.15) is 92.9 Å². The van der Waals surface area contributed by atoms with Gasteiger partial charge in [0.15, 0.2) is 0 Å². The minimum absolute atomic E-state index is 0.541. The number of hydrogen-bond acceptors (Lipinski definition) is 0. The second-order valence-corrected chi connectivity index (χ2v) is 6.66. The van der Waals surface area contributed by atoms with Gasteiger partial charge in [0.2, 0.25) is 0 Å². The lowest BCUT2D eigenvalue weighted by Crippen LogP contribution is -2.14. The van der Waals surface area contributed by atoms with Crippen molar-refractivity contribution in [3.63, 3.8) is 0 Å². The van der Waals surface area contributed by atoms with Crippen LogP contribution in [0.25, 0.3) is 0 Å². The smallest absolute Gasteiger partial charge is 0.0244 e. The van der Waals surface area contributed by atoms with Gasteiger partial charge < -0.3 is 0 Å². The molecule has 0 heteroatoms. The molecule has 0 aromatic heterocycles. The summed E-state index contributed by atoms with van der Waals surface area (Å²) in [5, 5.41) is 0. The van der Waals surface area contributed by atoms with Crippen molar-refractivity contribution in [1.82, 2.24) is 0 Å². The zero-order valence-corrected chi connectivity index (χ0v) is 13.2. The van der Waals surface area contributed by atoms with Crippen LogP contribution in [0.2, 0.25) is 0 Å². The van der Waals surface area contributed by atoms with Gasteiger partial charge in [-0.1, -0.05) is 73.6 Å². The van der Waals surface area contributed by atoms with Gasteiger partial charge in [-0.3, -0.25) is 0 Å². The molecule has 0 aromatic rings. The molecule has 0 aliphatic heterocycles. The van der Waals surface area contributed by atoms with Crippen molar-refractivity contribution in [2.24, 2.45) is 11.3 Å². The fourth-order valence-electron chi connectivity index (χ4n) is 2.53. The van der Waals surface area contributed by atoms with E-state index < -0.39 is 0 Å². The second kappa shape index (κ2) is 9.00. The highest BCUT2D eigenvalue weighted by atomic mass is 14.3. The maximum Gasteiger partial charge on any atom is -0.0244 e. The van der Waals surface area contributed by atoms with E-state index in [1.165, 1.54) is 51.4 Å². The molecule has 0 bridgehead atoms. The molecule has 1 radical (unpaired) electrons. The van der Waals surface area contributed by atoms with Crippen molar-refractivity contribution in [3.05, 3.63) is 5.92 Å². The average molecular weight is 239 g/mol. The summed E-state index contributed by atoms with van der Waals surface area (Å²) in [5.41, 5.74) is 0.541. The monoisotopic (exact) mass is 239 g/mol. The molecule has 0 heterocycles. The van der Waals surface area contributed by atoms with E-state index in [0.29, 0.717) is 5.41 Å².